The monoisotopic (exact) mass is 255 g/mol. The number of nitro groups is 1. The molecular weight excluding hydrogens is 242 g/mol. The van der Waals surface area contributed by atoms with E-state index in [1.807, 2.05) is 0 Å². The van der Waals surface area contributed by atoms with Gasteiger partial charge in [0.1, 0.15) is 12.0 Å². The van der Waals surface area contributed by atoms with Gasteiger partial charge in [-0.1, -0.05) is 0 Å². The largest absolute Gasteiger partial charge is 0.479 e. The van der Waals surface area contributed by atoms with Crippen LogP contribution in [0, 0.1) is 17.0 Å². The topological polar surface area (TPSA) is 126 Å². The molecule has 1 aromatic rings. The number of carbonyl (C=O) groups is 1. The lowest BCUT2D eigenvalue weighted by atomic mass is 10.1. The van der Waals surface area contributed by atoms with Crippen LogP contribution in [0.15, 0.2) is 12.3 Å². The van der Waals surface area contributed by atoms with Gasteiger partial charge >= 0.3 is 5.97 Å². The summed E-state index contributed by atoms with van der Waals surface area (Å²) in [6.07, 6.45) is 1.08. The Morgan fingerprint density at radius 3 is 2.72 bits per heavy atom. The summed E-state index contributed by atoms with van der Waals surface area (Å²) < 4.78 is 0. The van der Waals surface area contributed by atoms with Crippen molar-refractivity contribution in [3.8, 4) is 0 Å². The molecule has 0 aliphatic heterocycles. The van der Waals surface area contributed by atoms with Crippen molar-refractivity contribution in [3.63, 3.8) is 0 Å². The van der Waals surface area contributed by atoms with Crippen LogP contribution >= 0.6 is 0 Å². The molecule has 0 amide bonds. The SMILES string of the molecule is Cc1cc(NCC(C)(O)C(=O)O)ncc1[N+](=O)[O-]. The van der Waals surface area contributed by atoms with E-state index in [-0.39, 0.29) is 18.1 Å². The fourth-order valence-electron chi connectivity index (χ4n) is 1.17. The van der Waals surface area contributed by atoms with Crippen LogP contribution in [0.4, 0.5) is 11.5 Å². The van der Waals surface area contributed by atoms with Gasteiger partial charge in [-0.15, -0.1) is 0 Å². The van der Waals surface area contributed by atoms with Gasteiger partial charge in [0, 0.05) is 5.56 Å². The zero-order valence-corrected chi connectivity index (χ0v) is 9.88. The van der Waals surface area contributed by atoms with Crippen LogP contribution in [0.25, 0.3) is 0 Å². The molecule has 0 saturated heterocycles. The molecule has 0 bridgehead atoms. The molecule has 8 nitrogen and oxygen atoms in total. The number of aliphatic hydroxyl groups is 1. The molecule has 8 heteroatoms. The summed E-state index contributed by atoms with van der Waals surface area (Å²) in [5.41, 5.74) is -1.66. The minimum absolute atomic E-state index is 0.120. The van der Waals surface area contributed by atoms with E-state index in [9.17, 15) is 20.0 Å². The Hall–Kier alpha value is -2.22. The number of rotatable bonds is 5. The summed E-state index contributed by atoms with van der Waals surface area (Å²) >= 11 is 0. The van der Waals surface area contributed by atoms with E-state index in [0.717, 1.165) is 13.1 Å². The van der Waals surface area contributed by atoms with Crippen molar-refractivity contribution < 1.29 is 19.9 Å². The lowest BCUT2D eigenvalue weighted by Gasteiger charge is -2.18. The summed E-state index contributed by atoms with van der Waals surface area (Å²) in [6, 6.07) is 1.41. The van der Waals surface area contributed by atoms with Gasteiger partial charge in [0.15, 0.2) is 5.60 Å². The molecule has 0 fully saturated rings. The van der Waals surface area contributed by atoms with Gasteiger partial charge in [0.05, 0.1) is 11.5 Å². The van der Waals surface area contributed by atoms with Gasteiger partial charge in [-0.25, -0.2) is 9.78 Å². The molecule has 98 valence electrons. The van der Waals surface area contributed by atoms with Crippen LogP contribution in [0.3, 0.4) is 0 Å². The molecule has 1 rings (SSSR count). The van der Waals surface area contributed by atoms with Gasteiger partial charge in [0.25, 0.3) is 5.69 Å². The maximum atomic E-state index is 10.7. The smallest absolute Gasteiger partial charge is 0.337 e. The third-order valence-corrected chi connectivity index (χ3v) is 2.35. The van der Waals surface area contributed by atoms with E-state index >= 15 is 0 Å². The Bertz CT molecular complexity index is 486. The second-order valence-corrected chi connectivity index (χ2v) is 4.05. The minimum Gasteiger partial charge on any atom is -0.479 e. The maximum Gasteiger partial charge on any atom is 0.337 e. The number of carboxylic acids is 1. The predicted molar refractivity (Wildman–Crippen MR) is 62.4 cm³/mol. The molecule has 0 aliphatic carbocycles. The van der Waals surface area contributed by atoms with E-state index in [1.165, 1.54) is 6.07 Å². The van der Waals surface area contributed by atoms with Crippen LogP contribution < -0.4 is 5.32 Å². The van der Waals surface area contributed by atoms with Gasteiger partial charge in [0.2, 0.25) is 0 Å². The second kappa shape index (κ2) is 4.96. The summed E-state index contributed by atoms with van der Waals surface area (Å²) in [5, 5.41) is 31.3. The van der Waals surface area contributed by atoms with Crippen LogP contribution in [-0.4, -0.2) is 38.2 Å². The standard InChI is InChI=1S/C10H13N3O5/c1-6-3-8(11-4-7(6)13(17)18)12-5-10(2,16)9(14)15/h3-4,16H,5H2,1-2H3,(H,11,12)(H,14,15). The fraction of sp³-hybridized carbons (Fsp3) is 0.400. The van der Waals surface area contributed by atoms with E-state index in [4.69, 9.17) is 5.11 Å². The number of aryl methyl sites for hydroxylation is 1. The summed E-state index contributed by atoms with van der Waals surface area (Å²) in [7, 11) is 0. The van der Waals surface area contributed by atoms with Crippen LogP contribution in [0.2, 0.25) is 0 Å². The van der Waals surface area contributed by atoms with Crippen molar-refractivity contribution in [1.82, 2.24) is 4.98 Å². The zero-order chi connectivity index (χ0) is 13.9. The number of nitrogens with zero attached hydrogens (tertiary/aromatic N) is 2. The summed E-state index contributed by atoms with van der Waals surface area (Å²) in [6.45, 7) is 2.42. The molecule has 0 aliphatic rings. The number of aromatic nitrogens is 1. The Balaban J connectivity index is 2.79. The average Bonchev–Trinajstić information content (AvgIpc) is 2.25. The number of aliphatic carboxylic acids is 1. The highest BCUT2D eigenvalue weighted by Gasteiger charge is 2.29. The molecule has 1 atom stereocenters. The van der Waals surface area contributed by atoms with Crippen LogP contribution in [0.1, 0.15) is 12.5 Å². The first-order valence-electron chi connectivity index (χ1n) is 5.05. The highest BCUT2D eigenvalue weighted by molar-refractivity contribution is 5.77. The lowest BCUT2D eigenvalue weighted by molar-refractivity contribution is -0.385. The van der Waals surface area contributed by atoms with Gasteiger partial charge in [-0.2, -0.15) is 0 Å². The molecule has 1 aromatic heterocycles. The lowest BCUT2D eigenvalue weighted by Crippen LogP contribution is -2.41. The molecule has 18 heavy (non-hydrogen) atoms. The molecular formula is C10H13N3O5. The Kier molecular flexibility index (Phi) is 3.82. The van der Waals surface area contributed by atoms with Crippen molar-refractivity contribution in [2.75, 3.05) is 11.9 Å². The molecule has 0 saturated carbocycles. The van der Waals surface area contributed by atoms with E-state index < -0.39 is 16.5 Å². The number of anilines is 1. The molecule has 1 unspecified atom stereocenters. The zero-order valence-electron chi connectivity index (χ0n) is 9.88. The molecule has 1 heterocycles. The normalized spacial score (nSPS) is 13.7. The van der Waals surface area contributed by atoms with Crippen molar-refractivity contribution in [2.24, 2.45) is 0 Å². The van der Waals surface area contributed by atoms with E-state index in [0.29, 0.717) is 5.56 Å². The summed E-state index contributed by atoms with van der Waals surface area (Å²) in [4.78, 5) is 24.4. The molecule has 0 radical (unpaired) electrons. The quantitative estimate of drug-likeness (QED) is 0.518. The third kappa shape index (κ3) is 3.14. The first-order chi connectivity index (χ1) is 8.24. The van der Waals surface area contributed by atoms with Crippen molar-refractivity contribution in [2.45, 2.75) is 19.4 Å². The number of hydrogen-bond acceptors (Lipinski definition) is 6. The fourth-order valence-corrected chi connectivity index (χ4v) is 1.17. The minimum atomic E-state index is -1.93. The number of pyridine rings is 1. The van der Waals surface area contributed by atoms with Gasteiger partial charge in [-0.05, 0) is 19.9 Å². The molecule has 0 spiro atoms. The number of carboxylic acid groups (broad SMARTS) is 1. The van der Waals surface area contributed by atoms with Gasteiger partial charge in [-0.3, -0.25) is 10.1 Å². The third-order valence-electron chi connectivity index (χ3n) is 2.35. The summed E-state index contributed by atoms with van der Waals surface area (Å²) in [5.74, 6) is -1.10. The number of nitrogens with one attached hydrogen (secondary N) is 1. The van der Waals surface area contributed by atoms with E-state index in [1.54, 1.807) is 6.92 Å². The highest BCUT2D eigenvalue weighted by atomic mass is 16.6. The Morgan fingerprint density at radius 2 is 2.28 bits per heavy atom. The number of hydrogen-bond donors (Lipinski definition) is 3. The average molecular weight is 255 g/mol. The first-order valence-corrected chi connectivity index (χ1v) is 5.05. The van der Waals surface area contributed by atoms with Crippen molar-refractivity contribution in [3.05, 3.63) is 27.9 Å². The molecule has 0 aromatic carbocycles. The first kappa shape index (κ1) is 13.8. The Morgan fingerprint density at radius 1 is 1.67 bits per heavy atom. The van der Waals surface area contributed by atoms with E-state index in [2.05, 4.69) is 10.3 Å². The maximum absolute atomic E-state index is 10.7. The van der Waals surface area contributed by atoms with Gasteiger partial charge < -0.3 is 15.5 Å². The second-order valence-electron chi connectivity index (χ2n) is 4.05. The van der Waals surface area contributed by atoms with Crippen LogP contribution in [0.5, 0.6) is 0 Å². The Labute approximate surface area is 102 Å². The van der Waals surface area contributed by atoms with Crippen LogP contribution in [-0.2, 0) is 4.79 Å². The highest BCUT2D eigenvalue weighted by Crippen LogP contribution is 2.19. The predicted octanol–water partition coefficient (Wildman–Crippen LogP) is 0.546. The van der Waals surface area contributed by atoms with Crippen molar-refractivity contribution in [1.29, 1.82) is 0 Å². The molecule has 3 N–H and O–H groups in total. The van der Waals surface area contributed by atoms with Crippen molar-refractivity contribution >= 4 is 17.5 Å².